The molecule has 0 atom stereocenters. The Morgan fingerprint density at radius 1 is 1.14 bits per heavy atom. The largest absolute Gasteiger partial charge is 0.362 e. The lowest BCUT2D eigenvalue weighted by molar-refractivity contribution is -0.384. The second-order valence-corrected chi connectivity index (χ2v) is 8.64. The summed E-state index contributed by atoms with van der Waals surface area (Å²) in [5, 5.41) is 11.2. The molecule has 148 valence electrons. The minimum atomic E-state index is -0.355. The van der Waals surface area contributed by atoms with Gasteiger partial charge in [0.15, 0.2) is 0 Å². The van der Waals surface area contributed by atoms with E-state index in [1.807, 2.05) is 23.6 Å². The molecule has 0 aromatic heterocycles. The minimum Gasteiger partial charge on any atom is -0.362 e. The normalized spacial score (nSPS) is 14.2. The van der Waals surface area contributed by atoms with E-state index in [9.17, 15) is 14.9 Å². The molecule has 0 radical (unpaired) electrons. The number of nitro benzene ring substituents is 1. The molecule has 0 saturated carbocycles. The van der Waals surface area contributed by atoms with Gasteiger partial charge in [-0.05, 0) is 43.2 Å². The van der Waals surface area contributed by atoms with Crippen LogP contribution in [0.1, 0.15) is 11.1 Å². The third kappa shape index (κ3) is 4.67. The number of thioether (sulfide) groups is 1. The van der Waals surface area contributed by atoms with Crippen LogP contribution in [-0.4, -0.2) is 47.7 Å². The first kappa shape index (κ1) is 20.7. The van der Waals surface area contributed by atoms with Crippen LogP contribution in [0.4, 0.5) is 11.4 Å². The van der Waals surface area contributed by atoms with Crippen molar-refractivity contribution in [2.24, 2.45) is 0 Å². The molecule has 28 heavy (non-hydrogen) atoms. The van der Waals surface area contributed by atoms with Crippen molar-refractivity contribution in [3.05, 3.63) is 62.1 Å². The number of para-hydroxylation sites is 2. The Kier molecular flexibility index (Phi) is 6.61. The van der Waals surface area contributed by atoms with Gasteiger partial charge < -0.3 is 9.80 Å². The number of anilines is 1. The van der Waals surface area contributed by atoms with E-state index in [0.717, 1.165) is 20.5 Å². The Morgan fingerprint density at radius 3 is 2.50 bits per heavy atom. The number of nitrogens with zero attached hydrogens (tertiary/aromatic N) is 3. The fraction of sp³-hybridized carbons (Fsp3) is 0.350. The summed E-state index contributed by atoms with van der Waals surface area (Å²) in [6, 6.07) is 10.9. The van der Waals surface area contributed by atoms with Crippen LogP contribution in [0.5, 0.6) is 0 Å². The van der Waals surface area contributed by atoms with E-state index >= 15 is 0 Å². The van der Waals surface area contributed by atoms with E-state index in [2.05, 4.69) is 28.1 Å². The van der Waals surface area contributed by atoms with Crippen LogP contribution in [0.25, 0.3) is 0 Å². The zero-order chi connectivity index (χ0) is 20.3. The number of benzene rings is 2. The molecule has 6 nitrogen and oxygen atoms in total. The minimum absolute atomic E-state index is 0.104. The van der Waals surface area contributed by atoms with Gasteiger partial charge in [-0.1, -0.05) is 28.1 Å². The number of hydrogen-bond acceptors (Lipinski definition) is 5. The summed E-state index contributed by atoms with van der Waals surface area (Å²) in [6.45, 7) is 6.42. The lowest BCUT2D eigenvalue weighted by Crippen LogP contribution is -2.49. The molecule has 0 N–H and O–H groups in total. The van der Waals surface area contributed by atoms with Crippen molar-refractivity contribution in [1.82, 2.24) is 4.90 Å². The van der Waals surface area contributed by atoms with Crippen LogP contribution in [0.2, 0.25) is 0 Å². The molecule has 1 fully saturated rings. The predicted molar refractivity (Wildman–Crippen MR) is 116 cm³/mol. The first-order valence-electron chi connectivity index (χ1n) is 9.02. The molecule has 1 amide bonds. The predicted octanol–water partition coefficient (Wildman–Crippen LogP) is 4.42. The van der Waals surface area contributed by atoms with Crippen LogP contribution >= 0.6 is 27.7 Å². The standard InChI is InChI=1S/C20H22BrN3O3S/c1-14-12-19(15(2)11-16(14)21)28-13-20(25)23-9-7-22(8-10-23)17-5-3-4-6-18(17)24(26)27/h3-6,11-12H,7-10,13H2,1-2H3. The quantitative estimate of drug-likeness (QED) is 0.373. The first-order chi connectivity index (χ1) is 13.4. The van der Waals surface area contributed by atoms with Gasteiger partial charge in [-0.15, -0.1) is 11.8 Å². The lowest BCUT2D eigenvalue weighted by atomic mass is 10.2. The summed E-state index contributed by atoms with van der Waals surface area (Å²) in [5.74, 6) is 0.500. The highest BCUT2D eigenvalue weighted by Gasteiger charge is 2.25. The van der Waals surface area contributed by atoms with Crippen molar-refractivity contribution >= 4 is 45.0 Å². The molecule has 0 aliphatic carbocycles. The van der Waals surface area contributed by atoms with Crippen LogP contribution in [0, 0.1) is 24.0 Å². The van der Waals surface area contributed by atoms with Gasteiger partial charge >= 0.3 is 0 Å². The number of carbonyl (C=O) groups is 1. The third-order valence-corrected chi connectivity index (χ3v) is 6.86. The van der Waals surface area contributed by atoms with Crippen molar-refractivity contribution in [3.63, 3.8) is 0 Å². The summed E-state index contributed by atoms with van der Waals surface area (Å²) in [5.41, 5.74) is 3.03. The van der Waals surface area contributed by atoms with Crippen molar-refractivity contribution in [2.75, 3.05) is 36.8 Å². The van der Waals surface area contributed by atoms with E-state index in [0.29, 0.717) is 37.6 Å². The number of carbonyl (C=O) groups excluding carboxylic acids is 1. The van der Waals surface area contributed by atoms with Crippen molar-refractivity contribution < 1.29 is 9.72 Å². The number of hydrogen-bond donors (Lipinski definition) is 0. The second-order valence-electron chi connectivity index (χ2n) is 6.77. The van der Waals surface area contributed by atoms with Crippen molar-refractivity contribution in [2.45, 2.75) is 18.7 Å². The topological polar surface area (TPSA) is 66.7 Å². The zero-order valence-electron chi connectivity index (χ0n) is 15.9. The number of amides is 1. The van der Waals surface area contributed by atoms with E-state index in [1.165, 1.54) is 6.07 Å². The molecule has 0 spiro atoms. The maximum atomic E-state index is 12.6. The van der Waals surface area contributed by atoms with Gasteiger partial charge in [-0.3, -0.25) is 14.9 Å². The molecule has 1 saturated heterocycles. The molecule has 8 heteroatoms. The molecule has 1 aliphatic rings. The van der Waals surface area contributed by atoms with Gasteiger partial charge in [0, 0.05) is 41.6 Å². The van der Waals surface area contributed by atoms with E-state index in [1.54, 1.807) is 30.0 Å². The van der Waals surface area contributed by atoms with Gasteiger partial charge in [-0.25, -0.2) is 0 Å². The average Bonchev–Trinajstić information content (AvgIpc) is 2.69. The highest BCUT2D eigenvalue weighted by molar-refractivity contribution is 9.10. The number of halogens is 1. The number of piperazine rings is 1. The third-order valence-electron chi connectivity index (χ3n) is 4.86. The summed E-state index contributed by atoms with van der Waals surface area (Å²) >= 11 is 5.09. The maximum Gasteiger partial charge on any atom is 0.292 e. The summed E-state index contributed by atoms with van der Waals surface area (Å²) in [4.78, 5) is 28.5. The number of rotatable bonds is 5. The van der Waals surface area contributed by atoms with Gasteiger partial charge in [0.2, 0.25) is 5.91 Å². The monoisotopic (exact) mass is 463 g/mol. The Morgan fingerprint density at radius 2 is 1.82 bits per heavy atom. The highest BCUT2D eigenvalue weighted by Crippen LogP contribution is 2.30. The Balaban J connectivity index is 1.57. The molecular weight excluding hydrogens is 442 g/mol. The molecule has 2 aromatic carbocycles. The second kappa shape index (κ2) is 8.96. The molecule has 1 heterocycles. The van der Waals surface area contributed by atoms with Gasteiger partial charge in [0.05, 0.1) is 10.7 Å². The summed E-state index contributed by atoms with van der Waals surface area (Å²) in [7, 11) is 0. The highest BCUT2D eigenvalue weighted by atomic mass is 79.9. The number of aryl methyl sites for hydroxylation is 2. The Hall–Kier alpha value is -2.06. The van der Waals surface area contributed by atoms with Gasteiger partial charge in [0.1, 0.15) is 5.69 Å². The number of nitro groups is 1. The summed E-state index contributed by atoms with van der Waals surface area (Å²) < 4.78 is 1.08. The van der Waals surface area contributed by atoms with Crippen LogP contribution < -0.4 is 4.90 Å². The molecule has 3 rings (SSSR count). The first-order valence-corrected chi connectivity index (χ1v) is 10.8. The molecule has 0 unspecified atom stereocenters. The fourth-order valence-electron chi connectivity index (χ4n) is 3.22. The van der Waals surface area contributed by atoms with Crippen molar-refractivity contribution in [3.8, 4) is 0 Å². The molecule has 2 aromatic rings. The summed E-state index contributed by atoms with van der Waals surface area (Å²) in [6.07, 6.45) is 0. The van der Waals surface area contributed by atoms with Crippen LogP contribution in [-0.2, 0) is 4.79 Å². The average molecular weight is 464 g/mol. The Labute approximate surface area is 177 Å². The SMILES string of the molecule is Cc1cc(SCC(=O)N2CCN(c3ccccc3[N+](=O)[O-])CC2)c(C)cc1Br. The maximum absolute atomic E-state index is 12.6. The Bertz CT molecular complexity index is 898. The van der Waals surface area contributed by atoms with Gasteiger partial charge in [0.25, 0.3) is 5.69 Å². The van der Waals surface area contributed by atoms with E-state index in [4.69, 9.17) is 0 Å². The van der Waals surface area contributed by atoms with E-state index < -0.39 is 0 Å². The fourth-order valence-corrected chi connectivity index (χ4v) is 4.69. The molecule has 0 bridgehead atoms. The van der Waals surface area contributed by atoms with Crippen LogP contribution in [0.3, 0.4) is 0 Å². The lowest BCUT2D eigenvalue weighted by Gasteiger charge is -2.35. The van der Waals surface area contributed by atoms with Crippen molar-refractivity contribution in [1.29, 1.82) is 0 Å². The van der Waals surface area contributed by atoms with E-state index in [-0.39, 0.29) is 16.5 Å². The molecular formula is C20H22BrN3O3S. The zero-order valence-corrected chi connectivity index (χ0v) is 18.3. The smallest absolute Gasteiger partial charge is 0.292 e. The van der Waals surface area contributed by atoms with Gasteiger partial charge in [-0.2, -0.15) is 0 Å². The molecule has 1 aliphatic heterocycles. The van der Waals surface area contributed by atoms with Crippen LogP contribution in [0.15, 0.2) is 45.8 Å².